The van der Waals surface area contributed by atoms with Gasteiger partial charge in [-0.2, -0.15) is 0 Å². The Morgan fingerprint density at radius 3 is 2.36 bits per heavy atom. The molecule has 45 heavy (non-hydrogen) atoms. The largest absolute Gasteiger partial charge is 0.440 e. The lowest BCUT2D eigenvalue weighted by Crippen LogP contribution is -2.55. The van der Waals surface area contributed by atoms with Crippen molar-refractivity contribution in [3.63, 3.8) is 0 Å². The van der Waals surface area contributed by atoms with Crippen molar-refractivity contribution >= 4 is 41.2 Å². The standard InChI is InChI=1S/C34H43ClN4O6/c1-4-5-14-26(31(42)38-27(19-22-17-18-36-30(22)41)28(40)32(43)37-25-15-16-25)39-33(44)45-29(21-10-7-6-8-11-21)34(2,3)23-12-9-13-24(35)20-23/h6-13,20,22,25-27,29H,4-5,14-19H2,1-3H3,(H,36,41)(H,37,43)(H,38,42)(H,39,44)/t22-,26-,27-,29?/m0/s1. The van der Waals surface area contributed by atoms with Crippen LogP contribution in [0, 0.1) is 5.92 Å². The molecule has 1 unspecified atom stereocenters. The van der Waals surface area contributed by atoms with Gasteiger partial charge >= 0.3 is 6.09 Å². The normalized spacial score (nSPS) is 18.2. The molecule has 10 nitrogen and oxygen atoms in total. The SMILES string of the molecule is CCCC[C@H](NC(=O)OC(c1ccccc1)C(C)(C)c1cccc(Cl)c1)C(=O)N[C@@H](C[C@@H]1CCNC1=O)C(=O)C(=O)NC1CC1. The zero-order chi connectivity index (χ0) is 32.6. The number of carbonyl (C=O) groups is 5. The Morgan fingerprint density at radius 1 is 1.00 bits per heavy atom. The summed E-state index contributed by atoms with van der Waals surface area (Å²) in [7, 11) is 0. The first-order valence-electron chi connectivity index (χ1n) is 15.7. The second-order valence-electron chi connectivity index (χ2n) is 12.5. The maximum Gasteiger partial charge on any atom is 0.408 e. The highest BCUT2D eigenvalue weighted by atomic mass is 35.5. The van der Waals surface area contributed by atoms with Crippen molar-refractivity contribution in [2.75, 3.05) is 6.54 Å². The number of nitrogens with one attached hydrogen (secondary N) is 4. The van der Waals surface area contributed by atoms with Gasteiger partial charge < -0.3 is 26.0 Å². The van der Waals surface area contributed by atoms with Crippen molar-refractivity contribution in [3.05, 3.63) is 70.7 Å². The molecule has 2 aromatic carbocycles. The summed E-state index contributed by atoms with van der Waals surface area (Å²) in [5, 5.41) is 11.4. The summed E-state index contributed by atoms with van der Waals surface area (Å²) < 4.78 is 6.06. The minimum Gasteiger partial charge on any atom is -0.440 e. The van der Waals surface area contributed by atoms with Gasteiger partial charge in [-0.1, -0.05) is 87.7 Å². The van der Waals surface area contributed by atoms with Gasteiger partial charge in [0.25, 0.3) is 5.91 Å². The van der Waals surface area contributed by atoms with Crippen LogP contribution >= 0.6 is 11.6 Å². The molecule has 11 heteroatoms. The van der Waals surface area contributed by atoms with Gasteiger partial charge in [0.15, 0.2) is 0 Å². The fraction of sp³-hybridized carbons (Fsp3) is 0.500. The van der Waals surface area contributed by atoms with Crippen LogP contribution in [0.1, 0.15) is 82.9 Å². The van der Waals surface area contributed by atoms with E-state index in [1.54, 1.807) is 6.07 Å². The van der Waals surface area contributed by atoms with Crippen LogP contribution in [0.15, 0.2) is 54.6 Å². The van der Waals surface area contributed by atoms with Gasteiger partial charge in [-0.25, -0.2) is 4.79 Å². The molecule has 4 rings (SSSR count). The Hall–Kier alpha value is -3.92. The van der Waals surface area contributed by atoms with Gasteiger partial charge in [-0.3, -0.25) is 19.2 Å². The van der Waals surface area contributed by atoms with Crippen LogP contribution < -0.4 is 21.3 Å². The van der Waals surface area contributed by atoms with E-state index in [9.17, 15) is 24.0 Å². The van der Waals surface area contributed by atoms with Crippen LogP contribution in [0.5, 0.6) is 0 Å². The van der Waals surface area contributed by atoms with Crippen LogP contribution in [0.4, 0.5) is 4.79 Å². The lowest BCUT2D eigenvalue weighted by Gasteiger charge is -2.35. The molecule has 2 aromatic rings. The van der Waals surface area contributed by atoms with Crippen molar-refractivity contribution < 1.29 is 28.7 Å². The highest BCUT2D eigenvalue weighted by Crippen LogP contribution is 2.40. The number of ketones is 1. The number of alkyl carbamates (subject to hydrolysis) is 1. The van der Waals surface area contributed by atoms with Gasteiger partial charge in [0.1, 0.15) is 12.1 Å². The lowest BCUT2D eigenvalue weighted by molar-refractivity contribution is -0.141. The van der Waals surface area contributed by atoms with Gasteiger partial charge in [0, 0.05) is 28.9 Å². The lowest BCUT2D eigenvalue weighted by atomic mass is 9.76. The molecule has 2 aliphatic rings. The van der Waals surface area contributed by atoms with Crippen molar-refractivity contribution in [3.8, 4) is 0 Å². The summed E-state index contributed by atoms with van der Waals surface area (Å²) in [5.41, 5.74) is 0.909. The van der Waals surface area contributed by atoms with Gasteiger partial charge in [-0.15, -0.1) is 0 Å². The van der Waals surface area contributed by atoms with E-state index in [1.165, 1.54) is 0 Å². The second-order valence-corrected chi connectivity index (χ2v) is 12.9. The summed E-state index contributed by atoms with van der Waals surface area (Å²) in [5.74, 6) is -2.95. The fourth-order valence-electron chi connectivity index (χ4n) is 5.56. The number of hydrogen-bond donors (Lipinski definition) is 4. The molecule has 0 spiro atoms. The summed E-state index contributed by atoms with van der Waals surface area (Å²) in [4.78, 5) is 65.3. The quantitative estimate of drug-likeness (QED) is 0.212. The molecular formula is C34H43ClN4O6. The van der Waals surface area contributed by atoms with Crippen LogP contribution in [0.3, 0.4) is 0 Å². The third kappa shape index (κ3) is 9.29. The molecule has 4 amide bonds. The van der Waals surface area contributed by atoms with Gasteiger partial charge in [0.05, 0.1) is 6.04 Å². The average molecular weight is 639 g/mol. The van der Waals surface area contributed by atoms with Crippen molar-refractivity contribution in [2.45, 2.75) is 95.4 Å². The molecule has 0 radical (unpaired) electrons. The summed E-state index contributed by atoms with van der Waals surface area (Å²) >= 11 is 6.30. The number of Topliss-reactive ketones (excluding diaryl/α,β-unsaturated/α-hetero) is 1. The van der Waals surface area contributed by atoms with E-state index in [2.05, 4.69) is 21.3 Å². The summed E-state index contributed by atoms with van der Waals surface area (Å²) in [6, 6.07) is 14.4. The first-order valence-corrected chi connectivity index (χ1v) is 16.1. The van der Waals surface area contributed by atoms with E-state index in [1.807, 2.05) is 69.3 Å². The topological polar surface area (TPSA) is 143 Å². The van der Waals surface area contributed by atoms with Crippen LogP contribution in [0.2, 0.25) is 5.02 Å². The molecule has 1 saturated heterocycles. The van der Waals surface area contributed by atoms with Crippen LogP contribution in [-0.4, -0.2) is 54.3 Å². The first-order chi connectivity index (χ1) is 21.5. The Balaban J connectivity index is 1.52. The Kier molecular flexibility index (Phi) is 11.6. The summed E-state index contributed by atoms with van der Waals surface area (Å²) in [6.45, 7) is 6.33. The van der Waals surface area contributed by atoms with E-state index < -0.39 is 53.2 Å². The predicted molar refractivity (Wildman–Crippen MR) is 170 cm³/mol. The zero-order valence-electron chi connectivity index (χ0n) is 26.1. The van der Waals surface area contributed by atoms with Crippen LogP contribution in [0.25, 0.3) is 0 Å². The number of benzene rings is 2. The Labute approximate surface area is 269 Å². The molecule has 2 fully saturated rings. The average Bonchev–Trinajstić information content (AvgIpc) is 3.75. The second kappa shape index (κ2) is 15.4. The van der Waals surface area contributed by atoms with Crippen molar-refractivity contribution in [1.29, 1.82) is 0 Å². The molecule has 4 N–H and O–H groups in total. The number of unbranched alkanes of at least 4 members (excludes halogenated alkanes) is 1. The number of ether oxygens (including phenoxy) is 1. The first kappa shape index (κ1) is 34.0. The smallest absolute Gasteiger partial charge is 0.408 e. The zero-order valence-corrected chi connectivity index (χ0v) is 26.8. The molecule has 1 heterocycles. The maximum atomic E-state index is 13.6. The summed E-state index contributed by atoms with van der Waals surface area (Å²) in [6.07, 6.45) is 2.18. The monoisotopic (exact) mass is 638 g/mol. The number of amides is 4. The number of hydrogen-bond acceptors (Lipinski definition) is 6. The van der Waals surface area contributed by atoms with Gasteiger partial charge in [-0.05, 0) is 55.4 Å². The number of carbonyl (C=O) groups excluding carboxylic acids is 5. The molecule has 0 bridgehead atoms. The highest BCUT2D eigenvalue weighted by molar-refractivity contribution is 6.38. The highest BCUT2D eigenvalue weighted by Gasteiger charge is 2.39. The van der Waals surface area contributed by atoms with E-state index in [4.69, 9.17) is 16.3 Å². The molecule has 242 valence electrons. The third-order valence-electron chi connectivity index (χ3n) is 8.46. The molecule has 4 atom stereocenters. The molecular weight excluding hydrogens is 596 g/mol. The predicted octanol–water partition coefficient (Wildman–Crippen LogP) is 4.50. The molecule has 1 saturated carbocycles. The number of halogens is 1. The van der Waals surface area contributed by atoms with E-state index in [0.717, 1.165) is 30.4 Å². The van der Waals surface area contributed by atoms with Gasteiger partial charge in [0.2, 0.25) is 17.6 Å². The molecule has 1 aliphatic carbocycles. The molecule has 0 aromatic heterocycles. The van der Waals surface area contributed by atoms with E-state index in [-0.39, 0.29) is 24.8 Å². The maximum absolute atomic E-state index is 13.6. The van der Waals surface area contributed by atoms with Crippen LogP contribution in [-0.2, 0) is 29.3 Å². The minimum atomic E-state index is -1.22. The van der Waals surface area contributed by atoms with Crippen molar-refractivity contribution in [1.82, 2.24) is 21.3 Å². The number of rotatable bonds is 15. The Morgan fingerprint density at radius 2 is 1.73 bits per heavy atom. The molecule has 1 aliphatic heterocycles. The Bertz CT molecular complexity index is 1380. The van der Waals surface area contributed by atoms with Crippen molar-refractivity contribution in [2.24, 2.45) is 5.92 Å². The van der Waals surface area contributed by atoms with E-state index >= 15 is 0 Å². The fourth-order valence-corrected chi connectivity index (χ4v) is 5.75. The minimum absolute atomic E-state index is 0.0106. The van der Waals surface area contributed by atoms with E-state index in [0.29, 0.717) is 24.4 Å². The third-order valence-corrected chi connectivity index (χ3v) is 8.69.